The highest BCUT2D eigenvalue weighted by molar-refractivity contribution is 5.70. The Kier molecular flexibility index (Phi) is 5.72. The predicted molar refractivity (Wildman–Crippen MR) is 48.9 cm³/mol. The van der Waals surface area contributed by atoms with Gasteiger partial charge < -0.3 is 10.8 Å². The van der Waals surface area contributed by atoms with Gasteiger partial charge in [-0.15, -0.1) is 0 Å². The molecule has 3 heteroatoms. The largest absolute Gasteiger partial charge is 0.481 e. The van der Waals surface area contributed by atoms with E-state index in [-0.39, 0.29) is 18.4 Å². The SMILES string of the molecule is CCCC[C@H](C)[C@@H](CN)C(=O)O. The van der Waals surface area contributed by atoms with Gasteiger partial charge in [-0.2, -0.15) is 0 Å². The minimum Gasteiger partial charge on any atom is -0.481 e. The highest BCUT2D eigenvalue weighted by Gasteiger charge is 2.21. The maximum Gasteiger partial charge on any atom is 0.308 e. The summed E-state index contributed by atoms with van der Waals surface area (Å²) in [4.78, 5) is 10.7. The van der Waals surface area contributed by atoms with Crippen LogP contribution in [0.1, 0.15) is 33.1 Å². The number of rotatable bonds is 6. The average Bonchev–Trinajstić information content (AvgIpc) is 2.01. The molecule has 0 bridgehead atoms. The third-order valence-corrected chi connectivity index (χ3v) is 2.27. The number of aliphatic carboxylic acids is 1. The molecule has 12 heavy (non-hydrogen) atoms. The Hall–Kier alpha value is -0.570. The molecule has 3 nitrogen and oxygen atoms in total. The molecule has 0 unspecified atom stereocenters. The second-order valence-electron chi connectivity index (χ2n) is 3.30. The lowest BCUT2D eigenvalue weighted by Gasteiger charge is -2.17. The smallest absolute Gasteiger partial charge is 0.308 e. The van der Waals surface area contributed by atoms with Crippen LogP contribution in [0.4, 0.5) is 0 Å². The van der Waals surface area contributed by atoms with Crippen LogP contribution in [-0.4, -0.2) is 17.6 Å². The van der Waals surface area contributed by atoms with Gasteiger partial charge >= 0.3 is 5.97 Å². The first kappa shape index (κ1) is 11.4. The van der Waals surface area contributed by atoms with E-state index in [1.165, 1.54) is 0 Å². The van der Waals surface area contributed by atoms with E-state index in [9.17, 15) is 4.79 Å². The average molecular weight is 173 g/mol. The first-order valence-corrected chi connectivity index (χ1v) is 4.56. The Morgan fingerprint density at radius 2 is 2.17 bits per heavy atom. The quantitative estimate of drug-likeness (QED) is 0.639. The van der Waals surface area contributed by atoms with Crippen molar-refractivity contribution < 1.29 is 9.90 Å². The van der Waals surface area contributed by atoms with Gasteiger partial charge in [0.05, 0.1) is 5.92 Å². The van der Waals surface area contributed by atoms with Gasteiger partial charge in [-0.1, -0.05) is 26.7 Å². The maximum absolute atomic E-state index is 10.7. The fourth-order valence-electron chi connectivity index (χ4n) is 1.30. The molecule has 0 aliphatic carbocycles. The number of carbonyl (C=O) groups is 1. The Labute approximate surface area is 74.0 Å². The Bertz CT molecular complexity index is 136. The van der Waals surface area contributed by atoms with E-state index in [2.05, 4.69) is 6.92 Å². The highest BCUT2D eigenvalue weighted by atomic mass is 16.4. The second-order valence-corrected chi connectivity index (χ2v) is 3.30. The van der Waals surface area contributed by atoms with E-state index in [4.69, 9.17) is 10.8 Å². The van der Waals surface area contributed by atoms with Crippen molar-refractivity contribution in [1.82, 2.24) is 0 Å². The van der Waals surface area contributed by atoms with Crippen LogP contribution in [0.3, 0.4) is 0 Å². The molecule has 0 aromatic rings. The van der Waals surface area contributed by atoms with Crippen molar-refractivity contribution >= 4 is 5.97 Å². The standard InChI is InChI=1S/C9H19NO2/c1-3-4-5-7(2)8(6-10)9(11)12/h7-8H,3-6,10H2,1-2H3,(H,11,12)/t7-,8+/m0/s1. The number of hydrogen-bond donors (Lipinski definition) is 2. The summed E-state index contributed by atoms with van der Waals surface area (Å²) >= 11 is 0. The molecule has 0 heterocycles. The van der Waals surface area contributed by atoms with E-state index >= 15 is 0 Å². The molecule has 0 aromatic heterocycles. The monoisotopic (exact) mass is 173 g/mol. The molecule has 0 rings (SSSR count). The molecular formula is C9H19NO2. The number of unbranched alkanes of at least 4 members (excludes halogenated alkanes) is 1. The third kappa shape index (κ3) is 3.72. The summed E-state index contributed by atoms with van der Waals surface area (Å²) in [7, 11) is 0. The lowest BCUT2D eigenvalue weighted by Crippen LogP contribution is -2.29. The number of carboxylic acids is 1. The van der Waals surface area contributed by atoms with Gasteiger partial charge in [-0.25, -0.2) is 0 Å². The molecule has 0 aromatic carbocycles. The Morgan fingerprint density at radius 1 is 1.58 bits per heavy atom. The summed E-state index contributed by atoms with van der Waals surface area (Å²) in [6.45, 7) is 4.31. The molecule has 0 aliphatic heterocycles. The second kappa shape index (κ2) is 6.00. The molecule has 0 saturated carbocycles. The summed E-state index contributed by atoms with van der Waals surface area (Å²) in [6.07, 6.45) is 3.16. The first-order chi connectivity index (χ1) is 5.63. The molecule has 0 saturated heterocycles. The Balaban J connectivity index is 3.85. The summed E-state index contributed by atoms with van der Waals surface area (Å²) < 4.78 is 0. The van der Waals surface area contributed by atoms with Gasteiger partial charge in [-0.3, -0.25) is 4.79 Å². The summed E-state index contributed by atoms with van der Waals surface area (Å²) in [6, 6.07) is 0. The van der Waals surface area contributed by atoms with Gasteiger partial charge in [-0.05, 0) is 12.3 Å². The molecule has 3 N–H and O–H groups in total. The van der Waals surface area contributed by atoms with Crippen LogP contribution in [0.25, 0.3) is 0 Å². The van der Waals surface area contributed by atoms with Gasteiger partial charge in [0.2, 0.25) is 0 Å². The van der Waals surface area contributed by atoms with Crippen molar-refractivity contribution in [1.29, 1.82) is 0 Å². The van der Waals surface area contributed by atoms with Gasteiger partial charge in [0.15, 0.2) is 0 Å². The molecule has 0 radical (unpaired) electrons. The van der Waals surface area contributed by atoms with Crippen molar-refractivity contribution in [2.45, 2.75) is 33.1 Å². The lowest BCUT2D eigenvalue weighted by atomic mass is 9.90. The molecule has 0 aliphatic rings. The van der Waals surface area contributed by atoms with Crippen LogP contribution >= 0.6 is 0 Å². The van der Waals surface area contributed by atoms with Crippen molar-refractivity contribution in [2.24, 2.45) is 17.6 Å². The first-order valence-electron chi connectivity index (χ1n) is 4.56. The number of nitrogens with two attached hydrogens (primary N) is 1. The van der Waals surface area contributed by atoms with Crippen LogP contribution in [0.5, 0.6) is 0 Å². The minimum atomic E-state index is -0.763. The van der Waals surface area contributed by atoms with E-state index in [0.29, 0.717) is 0 Å². The van der Waals surface area contributed by atoms with E-state index in [1.54, 1.807) is 0 Å². The van der Waals surface area contributed by atoms with Crippen molar-refractivity contribution in [3.8, 4) is 0 Å². The van der Waals surface area contributed by atoms with Gasteiger partial charge in [0.25, 0.3) is 0 Å². The summed E-state index contributed by atoms with van der Waals surface area (Å²) in [5.74, 6) is -0.926. The lowest BCUT2D eigenvalue weighted by molar-refractivity contribution is -0.143. The molecule has 0 fully saturated rings. The zero-order valence-corrected chi connectivity index (χ0v) is 7.92. The van der Waals surface area contributed by atoms with Crippen LogP contribution in [-0.2, 0) is 4.79 Å². The normalized spacial score (nSPS) is 15.6. The number of hydrogen-bond acceptors (Lipinski definition) is 2. The topological polar surface area (TPSA) is 63.3 Å². The summed E-state index contributed by atoms with van der Waals surface area (Å²) in [5, 5.41) is 8.76. The van der Waals surface area contributed by atoms with Crippen LogP contribution in [0.15, 0.2) is 0 Å². The van der Waals surface area contributed by atoms with Gasteiger partial charge in [0, 0.05) is 6.54 Å². The number of carboxylic acid groups (broad SMARTS) is 1. The van der Waals surface area contributed by atoms with Gasteiger partial charge in [0.1, 0.15) is 0 Å². The van der Waals surface area contributed by atoms with E-state index < -0.39 is 5.97 Å². The van der Waals surface area contributed by atoms with Crippen LogP contribution < -0.4 is 5.73 Å². The molecule has 72 valence electrons. The van der Waals surface area contributed by atoms with E-state index in [1.807, 2.05) is 6.92 Å². The van der Waals surface area contributed by atoms with Crippen molar-refractivity contribution in [2.75, 3.05) is 6.54 Å². The van der Waals surface area contributed by atoms with E-state index in [0.717, 1.165) is 19.3 Å². The zero-order chi connectivity index (χ0) is 9.56. The van der Waals surface area contributed by atoms with Crippen molar-refractivity contribution in [3.05, 3.63) is 0 Å². The summed E-state index contributed by atoms with van der Waals surface area (Å²) in [5.41, 5.74) is 5.37. The predicted octanol–water partition coefficient (Wildman–Crippen LogP) is 1.47. The fourth-order valence-corrected chi connectivity index (χ4v) is 1.30. The van der Waals surface area contributed by atoms with Crippen LogP contribution in [0, 0.1) is 11.8 Å². The molecule has 2 atom stereocenters. The molecular weight excluding hydrogens is 154 g/mol. The zero-order valence-electron chi connectivity index (χ0n) is 7.92. The third-order valence-electron chi connectivity index (χ3n) is 2.27. The highest BCUT2D eigenvalue weighted by Crippen LogP contribution is 2.17. The fraction of sp³-hybridized carbons (Fsp3) is 0.889. The molecule has 0 amide bonds. The molecule has 0 spiro atoms. The maximum atomic E-state index is 10.7. The van der Waals surface area contributed by atoms with Crippen molar-refractivity contribution in [3.63, 3.8) is 0 Å². The van der Waals surface area contributed by atoms with Crippen LogP contribution in [0.2, 0.25) is 0 Å². The Morgan fingerprint density at radius 3 is 2.50 bits per heavy atom. The minimum absolute atomic E-state index is 0.201.